The molecule has 5 heteroatoms. The van der Waals surface area contributed by atoms with Crippen LogP contribution in [0.1, 0.15) is 20.8 Å². The van der Waals surface area contributed by atoms with Gasteiger partial charge in [0.15, 0.2) is 0 Å². The second-order valence-corrected chi connectivity index (χ2v) is 4.62. The molecule has 102 valence electrons. The molecule has 0 bridgehead atoms. The van der Waals surface area contributed by atoms with E-state index < -0.39 is 17.4 Å². The molecule has 0 N–H and O–H groups in total. The van der Waals surface area contributed by atoms with Crippen LogP contribution in [-0.4, -0.2) is 42.6 Å². The average molecular weight is 255 g/mol. The van der Waals surface area contributed by atoms with E-state index in [1.54, 1.807) is 20.8 Å². The zero-order valence-corrected chi connectivity index (χ0v) is 11.5. The summed E-state index contributed by atoms with van der Waals surface area (Å²) in [6.45, 7) is 12.8. The quantitative estimate of drug-likeness (QED) is 0.410. The lowest BCUT2D eigenvalue weighted by molar-refractivity contribution is -0.146. The fraction of sp³-hybridized carbons (Fsp3) is 0.538. The van der Waals surface area contributed by atoms with Crippen molar-refractivity contribution in [3.05, 3.63) is 24.9 Å². The van der Waals surface area contributed by atoms with Gasteiger partial charge in [0.25, 0.3) is 5.91 Å². The zero-order chi connectivity index (χ0) is 14.3. The third kappa shape index (κ3) is 4.71. The lowest BCUT2D eigenvalue weighted by Crippen LogP contribution is -2.46. The highest BCUT2D eigenvalue weighted by Crippen LogP contribution is 2.20. The number of esters is 1. The number of rotatable bonds is 6. The lowest BCUT2D eigenvalue weighted by Gasteiger charge is -2.35. The van der Waals surface area contributed by atoms with Crippen molar-refractivity contribution in [2.24, 2.45) is 0 Å². The van der Waals surface area contributed by atoms with Crippen LogP contribution in [0.2, 0.25) is 0 Å². The first kappa shape index (κ1) is 16.4. The highest BCUT2D eigenvalue weighted by atomic mass is 16.6. The van der Waals surface area contributed by atoms with E-state index in [1.165, 1.54) is 12.0 Å². The highest BCUT2D eigenvalue weighted by molar-refractivity contribution is 5.97. The summed E-state index contributed by atoms with van der Waals surface area (Å²) in [5, 5.41) is 0. The maximum atomic E-state index is 11.7. The first-order valence-electron chi connectivity index (χ1n) is 5.57. The van der Waals surface area contributed by atoms with Crippen LogP contribution in [0.25, 0.3) is 0 Å². The topological polar surface area (TPSA) is 55.8 Å². The minimum absolute atomic E-state index is 0.0106. The van der Waals surface area contributed by atoms with E-state index in [0.717, 1.165) is 6.08 Å². The molecule has 0 atom stereocenters. The molecule has 0 aliphatic heterocycles. The van der Waals surface area contributed by atoms with E-state index in [9.17, 15) is 9.59 Å². The number of nitrogens with zero attached hydrogens (tertiary/aromatic N) is 1. The number of amides is 1. The van der Waals surface area contributed by atoms with Gasteiger partial charge in [0.05, 0.1) is 6.61 Å². The number of hydrogen-bond acceptors (Lipinski definition) is 4. The van der Waals surface area contributed by atoms with Crippen LogP contribution in [0.3, 0.4) is 0 Å². The van der Waals surface area contributed by atoms with Gasteiger partial charge in [0.2, 0.25) is 0 Å². The Labute approximate surface area is 108 Å². The van der Waals surface area contributed by atoms with Crippen LogP contribution in [0.15, 0.2) is 24.9 Å². The first-order chi connectivity index (χ1) is 8.25. The Hall–Kier alpha value is -1.62. The predicted octanol–water partition coefficient (Wildman–Crippen LogP) is 1.50. The Kier molecular flexibility index (Phi) is 6.33. The molecule has 5 nitrogen and oxygen atoms in total. The van der Waals surface area contributed by atoms with Crippen molar-refractivity contribution in [1.29, 1.82) is 0 Å². The molecule has 0 aromatic rings. The summed E-state index contributed by atoms with van der Waals surface area (Å²) < 4.78 is 9.69. The molecule has 0 saturated carbocycles. The van der Waals surface area contributed by atoms with E-state index in [0.29, 0.717) is 6.61 Å². The van der Waals surface area contributed by atoms with Gasteiger partial charge in [-0.2, -0.15) is 0 Å². The van der Waals surface area contributed by atoms with Gasteiger partial charge in [-0.05, 0) is 26.8 Å². The number of hydrogen-bond donors (Lipinski definition) is 0. The van der Waals surface area contributed by atoms with Crippen LogP contribution in [0.5, 0.6) is 0 Å². The van der Waals surface area contributed by atoms with Gasteiger partial charge in [0, 0.05) is 12.6 Å². The van der Waals surface area contributed by atoms with Crippen LogP contribution < -0.4 is 0 Å². The maximum Gasteiger partial charge on any atom is 0.354 e. The summed E-state index contributed by atoms with van der Waals surface area (Å²) in [7, 11) is 1.51. The van der Waals surface area contributed by atoms with E-state index in [1.807, 2.05) is 0 Å². The molecule has 0 aromatic carbocycles. The minimum atomic E-state index is -0.642. The van der Waals surface area contributed by atoms with Crippen molar-refractivity contribution in [2.45, 2.75) is 26.3 Å². The maximum absolute atomic E-state index is 11.7. The predicted molar refractivity (Wildman–Crippen MR) is 68.8 cm³/mol. The van der Waals surface area contributed by atoms with Crippen molar-refractivity contribution in [1.82, 2.24) is 4.90 Å². The largest absolute Gasteiger partial charge is 0.459 e. The monoisotopic (exact) mass is 255 g/mol. The molecule has 0 rings (SSSR count). The number of methoxy groups -OCH3 is 1. The van der Waals surface area contributed by atoms with Crippen molar-refractivity contribution >= 4 is 11.9 Å². The van der Waals surface area contributed by atoms with E-state index in [-0.39, 0.29) is 12.3 Å². The van der Waals surface area contributed by atoms with Gasteiger partial charge in [-0.3, -0.25) is 9.69 Å². The Balaban J connectivity index is 4.82. The molecule has 0 aliphatic carbocycles. The van der Waals surface area contributed by atoms with Gasteiger partial charge < -0.3 is 9.47 Å². The molecule has 0 heterocycles. The van der Waals surface area contributed by atoms with Crippen LogP contribution >= 0.6 is 0 Å². The number of carbonyl (C=O) groups is 2. The number of carbonyl (C=O) groups excluding carboxylic acids is 2. The smallest absolute Gasteiger partial charge is 0.354 e. The standard InChI is InChI=1S/C13H21NO4/c1-7-11(15)14(13(3,4)5)10(2)12(16)18-9-8-17-6/h7H,1-2,8-9H2,3-6H3. The zero-order valence-electron chi connectivity index (χ0n) is 11.5. The summed E-state index contributed by atoms with van der Waals surface area (Å²) in [6.07, 6.45) is 1.14. The molecule has 0 unspecified atom stereocenters. The fourth-order valence-corrected chi connectivity index (χ4v) is 1.35. The molecule has 0 aliphatic rings. The SMILES string of the molecule is C=CC(=O)N(C(=C)C(=O)OCCOC)C(C)(C)C. The molecule has 0 fully saturated rings. The van der Waals surface area contributed by atoms with Crippen molar-refractivity contribution < 1.29 is 19.1 Å². The van der Waals surface area contributed by atoms with Gasteiger partial charge in [-0.15, -0.1) is 0 Å². The van der Waals surface area contributed by atoms with Crippen molar-refractivity contribution in [3.63, 3.8) is 0 Å². The van der Waals surface area contributed by atoms with Crippen molar-refractivity contribution in [3.8, 4) is 0 Å². The molecule has 0 radical (unpaired) electrons. The summed E-state index contributed by atoms with van der Waals surface area (Å²) in [6, 6.07) is 0. The Morgan fingerprint density at radius 2 is 1.83 bits per heavy atom. The summed E-state index contributed by atoms with van der Waals surface area (Å²) in [4.78, 5) is 24.7. The summed E-state index contributed by atoms with van der Waals surface area (Å²) >= 11 is 0. The van der Waals surface area contributed by atoms with Crippen molar-refractivity contribution in [2.75, 3.05) is 20.3 Å². The molecule has 0 saturated heterocycles. The van der Waals surface area contributed by atoms with Crippen LogP contribution in [0.4, 0.5) is 0 Å². The fourth-order valence-electron chi connectivity index (χ4n) is 1.35. The molecule has 0 spiro atoms. The van der Waals surface area contributed by atoms with E-state index in [4.69, 9.17) is 9.47 Å². The van der Waals surface area contributed by atoms with Gasteiger partial charge in [-0.1, -0.05) is 13.2 Å². The summed E-state index contributed by atoms with van der Waals surface area (Å²) in [5.41, 5.74) is -0.591. The van der Waals surface area contributed by atoms with E-state index >= 15 is 0 Å². The Bertz CT molecular complexity index is 341. The Morgan fingerprint density at radius 3 is 2.22 bits per heavy atom. The molecule has 18 heavy (non-hydrogen) atoms. The molecule has 0 aromatic heterocycles. The van der Waals surface area contributed by atoms with Gasteiger partial charge in [0.1, 0.15) is 12.3 Å². The minimum Gasteiger partial charge on any atom is -0.459 e. The molecular formula is C13H21NO4. The third-order valence-corrected chi connectivity index (χ3v) is 2.09. The second-order valence-electron chi connectivity index (χ2n) is 4.62. The van der Waals surface area contributed by atoms with Crippen LogP contribution in [-0.2, 0) is 19.1 Å². The Morgan fingerprint density at radius 1 is 1.28 bits per heavy atom. The average Bonchev–Trinajstić information content (AvgIpc) is 2.27. The van der Waals surface area contributed by atoms with Gasteiger partial charge >= 0.3 is 5.97 Å². The first-order valence-corrected chi connectivity index (χ1v) is 5.57. The van der Waals surface area contributed by atoms with Crippen LogP contribution in [0, 0.1) is 0 Å². The number of ether oxygens (including phenoxy) is 2. The van der Waals surface area contributed by atoms with E-state index in [2.05, 4.69) is 13.2 Å². The lowest BCUT2D eigenvalue weighted by atomic mass is 10.0. The third-order valence-electron chi connectivity index (χ3n) is 2.09. The molecule has 1 amide bonds. The second kappa shape index (κ2) is 6.96. The van der Waals surface area contributed by atoms with Gasteiger partial charge in [-0.25, -0.2) is 4.79 Å². The summed E-state index contributed by atoms with van der Waals surface area (Å²) in [5.74, 6) is -1.03. The highest BCUT2D eigenvalue weighted by Gasteiger charge is 2.31. The normalized spacial score (nSPS) is 10.7. The molecular weight excluding hydrogens is 234 g/mol.